The van der Waals surface area contributed by atoms with Crippen molar-refractivity contribution in [3.8, 4) is 0 Å². The Balaban J connectivity index is 2.43. The Hall–Kier alpha value is -1.20. The highest BCUT2D eigenvalue weighted by Crippen LogP contribution is 2.26. The second kappa shape index (κ2) is 42.7. The maximum absolute atomic E-state index is 13.2. The van der Waals surface area contributed by atoms with Crippen LogP contribution < -0.4 is 5.32 Å². The van der Waals surface area contributed by atoms with E-state index in [1.54, 1.807) is 0 Å². The van der Waals surface area contributed by atoms with Crippen molar-refractivity contribution >= 4 is 16.3 Å². The second-order valence-electron chi connectivity index (χ2n) is 19.3. The highest BCUT2D eigenvalue weighted by molar-refractivity contribution is 7.80. The third-order valence-corrected chi connectivity index (χ3v) is 13.6. The zero-order valence-electron chi connectivity index (χ0n) is 41.9. The standard InChI is InChI=1S/C52H101NO12S/c1-3-5-7-9-11-13-15-17-19-20-21-22-23-24-25-27-29-31-33-35-37-39-41-46(56)51(59)53-44(43-63-52-49(58)50(65-66(60,61)62)48(57)47(42-54)64-52)45(55)40-38-36-34-32-30-28-26-18-16-14-12-10-8-6-4-2/h24-25,44-50,52,54-58H,3-23,26-43H2,1-2H3,(H,53,59)(H,60,61,62)/b25-24-. The maximum atomic E-state index is 13.2. The third kappa shape index (κ3) is 34.2. The van der Waals surface area contributed by atoms with E-state index in [9.17, 15) is 43.3 Å². The molecule has 66 heavy (non-hydrogen) atoms. The zero-order valence-corrected chi connectivity index (χ0v) is 42.7. The van der Waals surface area contributed by atoms with Gasteiger partial charge >= 0.3 is 10.4 Å². The summed E-state index contributed by atoms with van der Waals surface area (Å²) in [4.78, 5) is 13.2. The van der Waals surface area contributed by atoms with Crippen molar-refractivity contribution in [2.24, 2.45) is 0 Å². The van der Waals surface area contributed by atoms with Crippen molar-refractivity contribution < 1.29 is 57.0 Å². The average molecular weight is 964 g/mol. The minimum absolute atomic E-state index is 0.256. The van der Waals surface area contributed by atoms with Gasteiger partial charge in [0.05, 0.1) is 25.4 Å². The molecule has 0 saturated carbocycles. The van der Waals surface area contributed by atoms with Gasteiger partial charge in [0.1, 0.15) is 30.5 Å². The monoisotopic (exact) mass is 964 g/mol. The van der Waals surface area contributed by atoms with Gasteiger partial charge in [-0.05, 0) is 38.5 Å². The molecule has 0 radical (unpaired) electrons. The topological polar surface area (TPSA) is 212 Å². The Labute approximate surface area is 403 Å². The van der Waals surface area contributed by atoms with Gasteiger partial charge < -0.3 is 40.3 Å². The molecule has 8 unspecified atom stereocenters. The molecule has 392 valence electrons. The Morgan fingerprint density at radius 1 is 0.591 bits per heavy atom. The molecule has 1 rings (SSSR count). The summed E-state index contributed by atoms with van der Waals surface area (Å²) in [6.45, 7) is 3.31. The summed E-state index contributed by atoms with van der Waals surface area (Å²) in [6, 6.07) is -1.03. The summed E-state index contributed by atoms with van der Waals surface area (Å²) in [5, 5.41) is 55.6. The van der Waals surface area contributed by atoms with Crippen LogP contribution in [-0.2, 0) is 28.9 Å². The number of allylic oxidation sites excluding steroid dienone is 2. The van der Waals surface area contributed by atoms with E-state index in [2.05, 4.69) is 35.5 Å². The molecular weight excluding hydrogens is 863 g/mol. The van der Waals surface area contributed by atoms with E-state index < -0.39 is 78.5 Å². The van der Waals surface area contributed by atoms with Gasteiger partial charge in [0.25, 0.3) is 0 Å². The van der Waals surface area contributed by atoms with Crippen molar-refractivity contribution in [2.45, 2.75) is 300 Å². The molecule has 8 atom stereocenters. The third-order valence-electron chi connectivity index (χ3n) is 13.2. The fraction of sp³-hybridized carbons (Fsp3) is 0.942. The van der Waals surface area contributed by atoms with Crippen LogP contribution in [0.15, 0.2) is 12.2 Å². The number of amides is 1. The predicted molar refractivity (Wildman–Crippen MR) is 265 cm³/mol. The van der Waals surface area contributed by atoms with Crippen LogP contribution in [0.1, 0.15) is 251 Å². The molecule has 14 heteroatoms. The smallest absolute Gasteiger partial charge is 0.394 e. The van der Waals surface area contributed by atoms with Gasteiger partial charge in [-0.1, -0.05) is 225 Å². The highest BCUT2D eigenvalue weighted by Gasteiger charge is 2.48. The first-order valence-electron chi connectivity index (χ1n) is 27.2. The van der Waals surface area contributed by atoms with E-state index in [4.69, 9.17) is 9.47 Å². The van der Waals surface area contributed by atoms with Gasteiger partial charge in [-0.2, -0.15) is 8.42 Å². The molecule has 0 spiro atoms. The lowest BCUT2D eigenvalue weighted by Gasteiger charge is -2.41. The van der Waals surface area contributed by atoms with E-state index >= 15 is 0 Å². The van der Waals surface area contributed by atoms with Gasteiger partial charge in [-0.25, -0.2) is 4.18 Å². The first-order chi connectivity index (χ1) is 31.9. The molecule has 1 aliphatic rings. The Bertz CT molecular complexity index is 1240. The summed E-state index contributed by atoms with van der Waals surface area (Å²) in [5.74, 6) is -0.671. The van der Waals surface area contributed by atoms with Crippen molar-refractivity contribution in [3.05, 3.63) is 12.2 Å². The number of rotatable bonds is 47. The van der Waals surface area contributed by atoms with Crippen LogP contribution in [0, 0.1) is 0 Å². The van der Waals surface area contributed by atoms with Crippen molar-refractivity contribution in [1.82, 2.24) is 5.32 Å². The van der Waals surface area contributed by atoms with Gasteiger partial charge in [0.2, 0.25) is 5.91 Å². The van der Waals surface area contributed by atoms with E-state index in [1.165, 1.54) is 154 Å². The molecule has 1 heterocycles. The number of carbonyl (C=O) groups is 1. The maximum Gasteiger partial charge on any atom is 0.397 e. The first-order valence-corrected chi connectivity index (χ1v) is 28.5. The minimum atomic E-state index is -5.11. The summed E-state index contributed by atoms with van der Waals surface area (Å²) in [7, 11) is -5.11. The quantitative estimate of drug-likeness (QED) is 0.0172. The molecule has 1 fully saturated rings. The van der Waals surface area contributed by atoms with Crippen LogP contribution in [0.2, 0.25) is 0 Å². The number of unbranched alkanes of at least 4 members (excludes halogenated alkanes) is 32. The number of hydrogen-bond acceptors (Lipinski definition) is 11. The normalized spacial score (nSPS) is 20.5. The summed E-state index contributed by atoms with van der Waals surface area (Å²) in [5.41, 5.74) is 0. The van der Waals surface area contributed by atoms with E-state index in [0.29, 0.717) is 19.3 Å². The number of ether oxygens (including phenoxy) is 2. The molecule has 0 aromatic heterocycles. The molecule has 13 nitrogen and oxygen atoms in total. The lowest BCUT2D eigenvalue weighted by molar-refractivity contribution is -0.298. The Kier molecular flexibility index (Phi) is 40.6. The SMILES string of the molecule is CCCCCCCCCCCCCC/C=C\CCCCCCCCC(O)C(=O)NC(COC1OC(CO)C(O)C(OS(=O)(=O)O)C1O)C(O)CCCCCCCCCCCCCCCCC. The molecule has 1 amide bonds. The highest BCUT2D eigenvalue weighted by atomic mass is 32.3. The first kappa shape index (κ1) is 62.8. The number of carbonyl (C=O) groups excluding carboxylic acids is 1. The number of aliphatic hydroxyl groups excluding tert-OH is 5. The second-order valence-corrected chi connectivity index (χ2v) is 20.4. The molecule has 1 saturated heterocycles. The van der Waals surface area contributed by atoms with E-state index in [-0.39, 0.29) is 6.42 Å². The van der Waals surface area contributed by atoms with Crippen LogP contribution in [0.4, 0.5) is 0 Å². The number of aliphatic hydroxyl groups is 5. The van der Waals surface area contributed by atoms with Crippen LogP contribution >= 0.6 is 0 Å². The molecule has 0 aromatic rings. The number of nitrogens with one attached hydrogen (secondary N) is 1. The summed E-state index contributed by atoms with van der Waals surface area (Å²) in [6.07, 6.45) is 36.8. The minimum Gasteiger partial charge on any atom is -0.394 e. The molecular formula is C52H101NO12S. The summed E-state index contributed by atoms with van der Waals surface area (Å²) >= 11 is 0. The van der Waals surface area contributed by atoms with Crippen LogP contribution in [-0.4, -0.2) is 107 Å². The Morgan fingerprint density at radius 3 is 1.36 bits per heavy atom. The van der Waals surface area contributed by atoms with Crippen molar-refractivity contribution in [1.29, 1.82) is 0 Å². The fourth-order valence-corrected chi connectivity index (χ4v) is 9.38. The van der Waals surface area contributed by atoms with E-state index in [1.807, 2.05) is 0 Å². The largest absolute Gasteiger partial charge is 0.397 e. The van der Waals surface area contributed by atoms with Crippen LogP contribution in [0.5, 0.6) is 0 Å². The van der Waals surface area contributed by atoms with E-state index in [0.717, 1.165) is 57.8 Å². The predicted octanol–water partition coefficient (Wildman–Crippen LogP) is 10.9. The van der Waals surface area contributed by atoms with Gasteiger partial charge in [0, 0.05) is 0 Å². The molecule has 7 N–H and O–H groups in total. The average Bonchev–Trinajstić information content (AvgIpc) is 3.29. The van der Waals surface area contributed by atoms with Gasteiger partial charge in [0.15, 0.2) is 6.29 Å². The number of hydrogen-bond donors (Lipinski definition) is 7. The van der Waals surface area contributed by atoms with Crippen LogP contribution in [0.25, 0.3) is 0 Å². The molecule has 0 aromatic carbocycles. The molecule has 0 aliphatic carbocycles. The zero-order chi connectivity index (χ0) is 48.5. The molecule has 0 bridgehead atoms. The summed E-state index contributed by atoms with van der Waals surface area (Å²) < 4.78 is 47.7. The fourth-order valence-electron chi connectivity index (χ4n) is 8.87. The van der Waals surface area contributed by atoms with Crippen molar-refractivity contribution in [2.75, 3.05) is 13.2 Å². The van der Waals surface area contributed by atoms with Gasteiger partial charge in [-0.15, -0.1) is 0 Å². The molecule has 1 aliphatic heterocycles. The van der Waals surface area contributed by atoms with Crippen LogP contribution in [0.3, 0.4) is 0 Å². The lowest BCUT2D eigenvalue weighted by Crippen LogP contribution is -2.61. The Morgan fingerprint density at radius 2 is 0.970 bits per heavy atom. The van der Waals surface area contributed by atoms with Gasteiger partial charge in [-0.3, -0.25) is 9.35 Å². The lowest BCUT2D eigenvalue weighted by atomic mass is 9.99. The van der Waals surface area contributed by atoms with Crippen molar-refractivity contribution in [3.63, 3.8) is 0 Å².